The Morgan fingerprint density at radius 3 is 2.25 bits per heavy atom. The Balaban J connectivity index is 1.84. The van der Waals surface area contributed by atoms with Gasteiger partial charge in [0.25, 0.3) is 11.6 Å². The van der Waals surface area contributed by atoms with Crippen LogP contribution in [0.3, 0.4) is 0 Å². The third-order valence-corrected chi connectivity index (χ3v) is 7.04. The number of hydrogen-bond acceptors (Lipinski definition) is 7. The number of carbonyl (C=O) groups is 1. The first kappa shape index (κ1) is 23.4. The number of nitro groups is 1. The number of rotatable bonds is 6. The number of hydrogen-bond donors (Lipinski definition) is 0. The third-order valence-electron chi connectivity index (χ3n) is 5.12. The summed E-state index contributed by atoms with van der Waals surface area (Å²) in [5.74, 6) is -0.883. The predicted molar refractivity (Wildman–Crippen MR) is 112 cm³/mol. The number of nitro benzene ring substituents is 1. The molecular weight excluding hydrogens is 445 g/mol. The Bertz CT molecular complexity index is 1120. The molecule has 1 saturated heterocycles. The number of amides is 1. The minimum Gasteiger partial charge on any atom is -0.493 e. The highest BCUT2D eigenvalue weighted by atomic mass is 32.2. The van der Waals surface area contributed by atoms with E-state index in [1.54, 1.807) is 0 Å². The molecule has 1 aliphatic rings. The fourth-order valence-electron chi connectivity index (χ4n) is 3.45. The highest BCUT2D eigenvalue weighted by Crippen LogP contribution is 2.35. The van der Waals surface area contributed by atoms with Crippen molar-refractivity contribution in [2.75, 3.05) is 40.4 Å². The first-order valence-electron chi connectivity index (χ1n) is 9.64. The van der Waals surface area contributed by atoms with Crippen molar-refractivity contribution in [3.63, 3.8) is 0 Å². The maximum absolute atomic E-state index is 13.2. The van der Waals surface area contributed by atoms with Gasteiger partial charge in [-0.1, -0.05) is 0 Å². The molecule has 0 atom stereocenters. The first-order chi connectivity index (χ1) is 15.2. The highest BCUT2D eigenvalue weighted by molar-refractivity contribution is 7.89. The highest BCUT2D eigenvalue weighted by Gasteiger charge is 2.32. The summed E-state index contributed by atoms with van der Waals surface area (Å²) in [5.41, 5.74) is -0.616. The lowest BCUT2D eigenvalue weighted by molar-refractivity contribution is -0.385. The zero-order chi connectivity index (χ0) is 23.5. The van der Waals surface area contributed by atoms with Crippen LogP contribution in [0.2, 0.25) is 0 Å². The fourth-order valence-corrected chi connectivity index (χ4v) is 4.92. The Morgan fingerprint density at radius 1 is 1.03 bits per heavy atom. The lowest BCUT2D eigenvalue weighted by Crippen LogP contribution is -2.37. The van der Waals surface area contributed by atoms with Gasteiger partial charge in [0.05, 0.1) is 30.1 Å². The quantitative estimate of drug-likeness (QED) is 0.472. The fraction of sp³-hybridized carbons (Fsp3) is 0.350. The number of halogens is 1. The molecular formula is C20H22FN3O7S. The summed E-state index contributed by atoms with van der Waals surface area (Å²) in [7, 11) is -1.20. The van der Waals surface area contributed by atoms with E-state index in [4.69, 9.17) is 9.47 Å². The minimum atomic E-state index is -3.87. The molecule has 172 valence electrons. The smallest absolute Gasteiger partial charge is 0.286 e. The van der Waals surface area contributed by atoms with E-state index in [9.17, 15) is 27.7 Å². The lowest BCUT2D eigenvalue weighted by Gasteiger charge is -2.22. The van der Waals surface area contributed by atoms with Crippen molar-refractivity contribution in [3.05, 3.63) is 57.9 Å². The molecule has 10 nitrogen and oxygen atoms in total. The van der Waals surface area contributed by atoms with Crippen LogP contribution in [0.1, 0.15) is 16.8 Å². The van der Waals surface area contributed by atoms with E-state index in [-0.39, 0.29) is 48.1 Å². The number of nitrogens with zero attached hydrogens (tertiary/aromatic N) is 3. The standard InChI is InChI=1S/C20H22FN3O7S/c1-30-18-12-16(17(24(26)27)13-19(18)31-2)20(25)22-8-3-9-23(11-10-22)32(28,29)15-6-4-14(21)5-7-15/h4-7,12-13H,3,8-11H2,1-2H3. The van der Waals surface area contributed by atoms with Crippen molar-refractivity contribution < 1.29 is 32.0 Å². The van der Waals surface area contributed by atoms with Crippen molar-refractivity contribution in [2.24, 2.45) is 0 Å². The van der Waals surface area contributed by atoms with Crippen LogP contribution in [0.4, 0.5) is 10.1 Å². The topological polar surface area (TPSA) is 119 Å². The molecule has 0 bridgehead atoms. The molecule has 0 saturated carbocycles. The zero-order valence-electron chi connectivity index (χ0n) is 17.5. The van der Waals surface area contributed by atoms with Crippen LogP contribution in [0.25, 0.3) is 0 Å². The predicted octanol–water partition coefficient (Wildman–Crippen LogP) is 2.29. The molecule has 0 radical (unpaired) electrons. The summed E-state index contributed by atoms with van der Waals surface area (Å²) in [6.07, 6.45) is 0.327. The Labute approximate surface area is 184 Å². The monoisotopic (exact) mass is 467 g/mol. The Morgan fingerprint density at radius 2 is 1.66 bits per heavy atom. The lowest BCUT2D eigenvalue weighted by atomic mass is 10.1. The second-order valence-electron chi connectivity index (χ2n) is 6.99. The maximum atomic E-state index is 13.2. The van der Waals surface area contributed by atoms with Gasteiger partial charge in [-0.2, -0.15) is 4.31 Å². The van der Waals surface area contributed by atoms with Gasteiger partial charge in [0, 0.05) is 32.2 Å². The molecule has 1 heterocycles. The van der Waals surface area contributed by atoms with Crippen LogP contribution in [0, 0.1) is 15.9 Å². The first-order valence-corrected chi connectivity index (χ1v) is 11.1. The van der Waals surface area contributed by atoms with E-state index in [0.717, 1.165) is 18.2 Å². The molecule has 3 rings (SSSR count). The van der Waals surface area contributed by atoms with Gasteiger partial charge in [-0.3, -0.25) is 14.9 Å². The molecule has 1 aliphatic heterocycles. The average Bonchev–Trinajstić information content (AvgIpc) is 3.04. The SMILES string of the molecule is COc1cc(C(=O)N2CCCN(S(=O)(=O)c3ccc(F)cc3)CC2)c([N+](=O)[O-])cc1OC. The second-order valence-corrected chi connectivity index (χ2v) is 8.92. The summed E-state index contributed by atoms with van der Waals surface area (Å²) in [4.78, 5) is 25.3. The molecule has 2 aromatic rings. The molecule has 2 aromatic carbocycles. The molecule has 0 spiro atoms. The minimum absolute atomic E-state index is 0.00740. The van der Waals surface area contributed by atoms with Crippen molar-refractivity contribution in [3.8, 4) is 11.5 Å². The van der Waals surface area contributed by atoms with Gasteiger partial charge in [-0.15, -0.1) is 0 Å². The van der Waals surface area contributed by atoms with Crippen molar-refractivity contribution in [1.82, 2.24) is 9.21 Å². The number of sulfonamides is 1. The molecule has 1 amide bonds. The van der Waals surface area contributed by atoms with Crippen LogP contribution in [0.5, 0.6) is 11.5 Å². The average molecular weight is 467 g/mol. The van der Waals surface area contributed by atoms with Gasteiger partial charge in [-0.25, -0.2) is 12.8 Å². The molecule has 0 unspecified atom stereocenters. The van der Waals surface area contributed by atoms with Crippen molar-refractivity contribution in [1.29, 1.82) is 0 Å². The van der Waals surface area contributed by atoms with E-state index in [2.05, 4.69) is 0 Å². The third kappa shape index (κ3) is 4.65. The largest absolute Gasteiger partial charge is 0.493 e. The zero-order valence-corrected chi connectivity index (χ0v) is 18.3. The van der Waals surface area contributed by atoms with Crippen LogP contribution >= 0.6 is 0 Å². The van der Waals surface area contributed by atoms with E-state index < -0.39 is 32.4 Å². The molecule has 12 heteroatoms. The van der Waals surface area contributed by atoms with Gasteiger partial charge < -0.3 is 14.4 Å². The molecule has 0 aliphatic carbocycles. The van der Waals surface area contributed by atoms with Crippen LogP contribution in [0.15, 0.2) is 41.3 Å². The van der Waals surface area contributed by atoms with Crippen LogP contribution in [-0.2, 0) is 10.0 Å². The van der Waals surface area contributed by atoms with E-state index in [1.165, 1.54) is 41.6 Å². The van der Waals surface area contributed by atoms with Gasteiger partial charge >= 0.3 is 0 Å². The molecule has 32 heavy (non-hydrogen) atoms. The van der Waals surface area contributed by atoms with Gasteiger partial charge in [-0.05, 0) is 30.7 Å². The Hall–Kier alpha value is -3.25. The summed E-state index contributed by atoms with van der Waals surface area (Å²) in [6.45, 7) is 0.384. The molecule has 1 fully saturated rings. The van der Waals surface area contributed by atoms with Crippen LogP contribution in [-0.4, -0.2) is 68.9 Å². The van der Waals surface area contributed by atoms with E-state index in [1.807, 2.05) is 0 Å². The number of ether oxygens (including phenoxy) is 2. The van der Waals surface area contributed by atoms with E-state index in [0.29, 0.717) is 6.42 Å². The Kier molecular flexibility index (Phi) is 6.94. The van der Waals surface area contributed by atoms with Crippen molar-refractivity contribution >= 4 is 21.6 Å². The van der Waals surface area contributed by atoms with Gasteiger partial charge in [0.15, 0.2) is 11.5 Å². The van der Waals surface area contributed by atoms with E-state index >= 15 is 0 Å². The number of benzene rings is 2. The molecule has 0 aromatic heterocycles. The normalized spacial score (nSPS) is 15.2. The summed E-state index contributed by atoms with van der Waals surface area (Å²) in [6, 6.07) is 6.87. The summed E-state index contributed by atoms with van der Waals surface area (Å²) >= 11 is 0. The number of carbonyl (C=O) groups excluding carboxylic acids is 1. The summed E-state index contributed by atoms with van der Waals surface area (Å²) in [5, 5.41) is 11.5. The van der Waals surface area contributed by atoms with Crippen LogP contribution < -0.4 is 9.47 Å². The maximum Gasteiger partial charge on any atom is 0.286 e. The summed E-state index contributed by atoms with van der Waals surface area (Å²) < 4.78 is 50.4. The second kappa shape index (κ2) is 9.49. The van der Waals surface area contributed by atoms with Gasteiger partial charge in [0.2, 0.25) is 10.0 Å². The number of methoxy groups -OCH3 is 2. The van der Waals surface area contributed by atoms with Crippen molar-refractivity contribution in [2.45, 2.75) is 11.3 Å². The van der Waals surface area contributed by atoms with Gasteiger partial charge in [0.1, 0.15) is 11.4 Å². The molecule has 0 N–H and O–H groups in total.